The topological polar surface area (TPSA) is 95.5 Å². The Kier molecular flexibility index (Phi) is 5.20. The van der Waals surface area contributed by atoms with Gasteiger partial charge in [0.1, 0.15) is 0 Å². The number of hydrogen-bond donors (Lipinski definition) is 3. The molecule has 118 valence electrons. The van der Waals surface area contributed by atoms with Gasteiger partial charge < -0.3 is 15.7 Å². The number of rotatable bonds is 7. The van der Waals surface area contributed by atoms with Gasteiger partial charge in [0.2, 0.25) is 11.8 Å². The molecule has 0 aromatic heterocycles. The van der Waals surface area contributed by atoms with Gasteiger partial charge in [-0.2, -0.15) is 0 Å². The second kappa shape index (κ2) is 6.91. The maximum Gasteiger partial charge on any atom is 0.311 e. The van der Waals surface area contributed by atoms with E-state index in [4.69, 9.17) is 5.11 Å². The summed E-state index contributed by atoms with van der Waals surface area (Å²) in [6, 6.07) is 0. The number of carbonyl (C=O) groups is 3. The highest BCUT2D eigenvalue weighted by Crippen LogP contribution is 2.45. The van der Waals surface area contributed by atoms with Crippen molar-refractivity contribution in [1.29, 1.82) is 0 Å². The highest BCUT2D eigenvalue weighted by Gasteiger charge is 2.50. The predicted octanol–water partition coefficient (Wildman–Crippen LogP) is 1.05. The summed E-state index contributed by atoms with van der Waals surface area (Å²) in [5, 5.41) is 14.2. The highest BCUT2D eigenvalue weighted by atomic mass is 16.4. The maximum atomic E-state index is 11.8. The summed E-state index contributed by atoms with van der Waals surface area (Å²) in [5.74, 6) is -0.816. The van der Waals surface area contributed by atoms with Crippen LogP contribution in [-0.4, -0.2) is 36.0 Å². The van der Waals surface area contributed by atoms with E-state index in [2.05, 4.69) is 10.6 Å². The van der Waals surface area contributed by atoms with Crippen molar-refractivity contribution in [3.05, 3.63) is 0 Å². The van der Waals surface area contributed by atoms with Crippen molar-refractivity contribution in [2.24, 2.45) is 11.3 Å². The molecular weight excluding hydrogens is 272 g/mol. The van der Waals surface area contributed by atoms with Crippen LogP contribution in [0.25, 0.3) is 0 Å². The Morgan fingerprint density at radius 2 is 1.67 bits per heavy atom. The lowest BCUT2D eigenvalue weighted by atomic mass is 9.87. The van der Waals surface area contributed by atoms with Gasteiger partial charge >= 0.3 is 5.97 Å². The van der Waals surface area contributed by atoms with Crippen molar-refractivity contribution in [1.82, 2.24) is 10.6 Å². The highest BCUT2D eigenvalue weighted by molar-refractivity contribution is 5.85. The van der Waals surface area contributed by atoms with Crippen molar-refractivity contribution in [2.75, 3.05) is 13.1 Å². The minimum atomic E-state index is -0.857. The molecule has 6 nitrogen and oxygen atoms in total. The number of hydrogen-bond acceptors (Lipinski definition) is 3. The molecule has 2 aliphatic rings. The van der Waals surface area contributed by atoms with Crippen LogP contribution >= 0.6 is 0 Å². The van der Waals surface area contributed by atoms with Crippen LogP contribution in [0, 0.1) is 11.3 Å². The van der Waals surface area contributed by atoms with Crippen LogP contribution in [0.4, 0.5) is 0 Å². The fraction of sp³-hybridized carbons (Fsp3) is 0.800. The van der Waals surface area contributed by atoms with Gasteiger partial charge in [0.05, 0.1) is 12.0 Å². The minimum absolute atomic E-state index is 0.0682. The third kappa shape index (κ3) is 4.72. The van der Waals surface area contributed by atoms with Crippen molar-refractivity contribution in [3.63, 3.8) is 0 Å². The van der Waals surface area contributed by atoms with Gasteiger partial charge in [-0.3, -0.25) is 14.4 Å². The number of nitrogens with one attached hydrogen (secondary N) is 2. The van der Waals surface area contributed by atoms with Crippen LogP contribution in [0.1, 0.15) is 51.4 Å². The molecule has 0 spiro atoms. The van der Waals surface area contributed by atoms with Gasteiger partial charge in [0, 0.05) is 13.0 Å². The minimum Gasteiger partial charge on any atom is -0.481 e. The molecule has 3 N–H and O–H groups in total. The Morgan fingerprint density at radius 3 is 2.24 bits per heavy atom. The molecule has 2 amide bonds. The van der Waals surface area contributed by atoms with E-state index < -0.39 is 11.4 Å². The molecule has 2 saturated carbocycles. The van der Waals surface area contributed by atoms with Crippen LogP contribution in [0.15, 0.2) is 0 Å². The van der Waals surface area contributed by atoms with Gasteiger partial charge in [-0.15, -0.1) is 0 Å². The summed E-state index contributed by atoms with van der Waals surface area (Å²) >= 11 is 0. The van der Waals surface area contributed by atoms with E-state index in [-0.39, 0.29) is 24.9 Å². The second-order valence-corrected chi connectivity index (χ2v) is 6.35. The predicted molar refractivity (Wildman–Crippen MR) is 76.5 cm³/mol. The molecule has 0 heterocycles. The maximum absolute atomic E-state index is 11.8. The number of carboxylic acids is 1. The molecule has 2 aliphatic carbocycles. The Balaban J connectivity index is 1.60. The zero-order chi connectivity index (χ0) is 15.3. The first-order valence-corrected chi connectivity index (χ1v) is 7.79. The monoisotopic (exact) mass is 296 g/mol. The Morgan fingerprint density at radius 1 is 1.00 bits per heavy atom. The largest absolute Gasteiger partial charge is 0.481 e. The summed E-state index contributed by atoms with van der Waals surface area (Å²) < 4.78 is 0. The van der Waals surface area contributed by atoms with Crippen molar-refractivity contribution in [2.45, 2.75) is 51.4 Å². The Bertz CT molecular complexity index is 412. The quantitative estimate of drug-likeness (QED) is 0.654. The van der Waals surface area contributed by atoms with Gasteiger partial charge in [-0.1, -0.05) is 19.3 Å². The smallest absolute Gasteiger partial charge is 0.311 e. The van der Waals surface area contributed by atoms with Crippen LogP contribution in [-0.2, 0) is 14.4 Å². The summed E-state index contributed by atoms with van der Waals surface area (Å²) in [4.78, 5) is 34.3. The summed E-state index contributed by atoms with van der Waals surface area (Å²) in [7, 11) is 0. The third-order valence-corrected chi connectivity index (χ3v) is 4.58. The number of carbonyl (C=O) groups excluding carboxylic acids is 2. The summed E-state index contributed by atoms with van der Waals surface area (Å²) in [5.41, 5.74) is -0.762. The van der Waals surface area contributed by atoms with Crippen LogP contribution < -0.4 is 10.6 Å². The molecule has 0 aromatic rings. The average molecular weight is 296 g/mol. The molecule has 0 aromatic carbocycles. The standard InChI is InChI=1S/C15H24N2O4/c18-12(8-11-4-2-1-3-5-11)16-9-13(19)17-10-15(6-7-15)14(20)21/h11H,1-10H2,(H,16,18)(H,17,19)(H,20,21). The van der Waals surface area contributed by atoms with E-state index in [9.17, 15) is 14.4 Å². The van der Waals surface area contributed by atoms with Crippen molar-refractivity contribution >= 4 is 17.8 Å². The van der Waals surface area contributed by atoms with E-state index in [1.807, 2.05) is 0 Å². The SMILES string of the molecule is O=C(CNC(=O)CC1CCCCC1)NCC1(C(=O)O)CC1. The zero-order valence-corrected chi connectivity index (χ0v) is 12.3. The van der Waals surface area contributed by atoms with E-state index in [0.717, 1.165) is 12.8 Å². The van der Waals surface area contributed by atoms with Crippen molar-refractivity contribution in [3.8, 4) is 0 Å². The van der Waals surface area contributed by atoms with Gasteiger partial charge in [-0.05, 0) is 31.6 Å². The first-order chi connectivity index (χ1) is 10.0. The molecule has 0 saturated heterocycles. The van der Waals surface area contributed by atoms with Gasteiger partial charge in [0.25, 0.3) is 0 Å². The zero-order valence-electron chi connectivity index (χ0n) is 12.3. The lowest BCUT2D eigenvalue weighted by molar-refractivity contribution is -0.143. The van der Waals surface area contributed by atoms with E-state index >= 15 is 0 Å². The molecule has 0 unspecified atom stereocenters. The molecule has 6 heteroatoms. The molecule has 0 atom stereocenters. The summed E-state index contributed by atoms with van der Waals surface area (Å²) in [6.07, 6.45) is 7.54. The fourth-order valence-corrected chi connectivity index (χ4v) is 2.85. The molecule has 2 rings (SSSR count). The molecule has 0 aliphatic heterocycles. The molecule has 0 bridgehead atoms. The number of amides is 2. The van der Waals surface area contributed by atoms with Gasteiger partial charge in [-0.25, -0.2) is 0 Å². The normalized spacial score (nSPS) is 20.6. The van der Waals surface area contributed by atoms with Crippen molar-refractivity contribution < 1.29 is 19.5 Å². The first-order valence-electron chi connectivity index (χ1n) is 7.79. The number of aliphatic carboxylic acids is 1. The number of carboxylic acid groups (broad SMARTS) is 1. The molecule has 21 heavy (non-hydrogen) atoms. The van der Waals surface area contributed by atoms with E-state index in [0.29, 0.717) is 25.2 Å². The van der Waals surface area contributed by atoms with Crippen LogP contribution in [0.3, 0.4) is 0 Å². The fourth-order valence-electron chi connectivity index (χ4n) is 2.85. The van der Waals surface area contributed by atoms with Crippen LogP contribution in [0.5, 0.6) is 0 Å². The first kappa shape index (κ1) is 15.8. The van der Waals surface area contributed by atoms with Crippen LogP contribution in [0.2, 0.25) is 0 Å². The third-order valence-electron chi connectivity index (χ3n) is 4.58. The molecule has 2 fully saturated rings. The molecule has 0 radical (unpaired) electrons. The lowest BCUT2D eigenvalue weighted by Crippen LogP contribution is -2.41. The molecular formula is C15H24N2O4. The van der Waals surface area contributed by atoms with E-state index in [1.54, 1.807) is 0 Å². The Labute approximate surface area is 124 Å². The summed E-state index contributed by atoms with van der Waals surface area (Å²) in [6.45, 7) is 0.0842. The average Bonchev–Trinajstić information content (AvgIpc) is 3.25. The Hall–Kier alpha value is -1.59. The van der Waals surface area contributed by atoms with Gasteiger partial charge in [0.15, 0.2) is 0 Å². The van der Waals surface area contributed by atoms with E-state index in [1.165, 1.54) is 19.3 Å². The lowest BCUT2D eigenvalue weighted by Gasteiger charge is -2.20. The second-order valence-electron chi connectivity index (χ2n) is 6.35.